The summed E-state index contributed by atoms with van der Waals surface area (Å²) in [7, 11) is -3.91. The van der Waals surface area contributed by atoms with Crippen molar-refractivity contribution in [2.75, 3.05) is 5.01 Å². The summed E-state index contributed by atoms with van der Waals surface area (Å²) >= 11 is 5.17. The molecular formula is C30H26N4O4S2. The normalized spacial score (nSPS) is 13.3. The van der Waals surface area contributed by atoms with Crippen LogP contribution in [0.1, 0.15) is 24.0 Å². The second kappa shape index (κ2) is 12.1. The molecular weight excluding hydrogens is 544 g/mol. The number of rotatable bonds is 8. The minimum absolute atomic E-state index is 0.00596. The van der Waals surface area contributed by atoms with Gasteiger partial charge in [-0.15, -0.1) is 0 Å². The summed E-state index contributed by atoms with van der Waals surface area (Å²) in [6, 6.07) is 32.5. The van der Waals surface area contributed by atoms with Gasteiger partial charge in [0, 0.05) is 19.4 Å². The number of nitrogens with zero attached hydrogens (tertiary/aromatic N) is 2. The number of hydrogen-bond acceptors (Lipinski definition) is 6. The number of hydrazone groups is 1. The topological polar surface area (TPSA) is 100 Å². The molecule has 1 aliphatic rings. The van der Waals surface area contributed by atoms with E-state index in [1.165, 1.54) is 17.1 Å². The summed E-state index contributed by atoms with van der Waals surface area (Å²) in [5, 5.41) is 8.77. The van der Waals surface area contributed by atoms with Crippen molar-refractivity contribution in [2.24, 2.45) is 5.10 Å². The van der Waals surface area contributed by atoms with Crippen LogP contribution in [-0.2, 0) is 21.4 Å². The third-order valence-electron chi connectivity index (χ3n) is 6.11. The number of hydrogen-bond donors (Lipinski definition) is 2. The lowest BCUT2D eigenvalue weighted by atomic mass is 10.0. The summed E-state index contributed by atoms with van der Waals surface area (Å²) in [4.78, 5) is 12.7. The Bertz CT molecular complexity index is 1630. The Morgan fingerprint density at radius 1 is 0.825 bits per heavy atom. The van der Waals surface area contributed by atoms with E-state index in [0.717, 1.165) is 22.6 Å². The molecule has 5 rings (SSSR count). The van der Waals surface area contributed by atoms with Crippen LogP contribution in [0.2, 0.25) is 0 Å². The van der Waals surface area contributed by atoms with Crippen molar-refractivity contribution in [1.82, 2.24) is 10.0 Å². The molecule has 0 saturated heterocycles. The van der Waals surface area contributed by atoms with Gasteiger partial charge in [0.05, 0.1) is 16.3 Å². The SMILES string of the molecule is O=C1CCC(c2ccc(Oc3ccccc3)cc2)=NN1c1ccc(S(=O)(=O)NC(=S)NCc2ccccc2)cc1. The standard InChI is InChI=1S/C30H26N4O4S2/c35-29-20-19-28(23-11-15-26(16-12-23)38-25-9-5-2-6-10-25)32-34(29)24-13-17-27(18-14-24)40(36,37)33-30(39)31-21-22-7-3-1-4-8-22/h1-18H,19-21H2,(H2,31,33,39). The summed E-state index contributed by atoms with van der Waals surface area (Å²) in [6.07, 6.45) is 0.780. The van der Waals surface area contributed by atoms with E-state index in [9.17, 15) is 13.2 Å². The maximum absolute atomic E-state index is 12.8. The molecule has 0 aliphatic carbocycles. The van der Waals surface area contributed by atoms with Crippen LogP contribution in [0.15, 0.2) is 119 Å². The van der Waals surface area contributed by atoms with Gasteiger partial charge in [0.15, 0.2) is 5.11 Å². The number of ether oxygens (including phenoxy) is 1. The number of sulfonamides is 1. The van der Waals surface area contributed by atoms with Gasteiger partial charge in [-0.3, -0.25) is 9.52 Å². The number of carbonyl (C=O) groups is 1. The average molecular weight is 571 g/mol. The predicted molar refractivity (Wildman–Crippen MR) is 159 cm³/mol. The van der Waals surface area contributed by atoms with Gasteiger partial charge in [-0.25, -0.2) is 13.4 Å². The lowest BCUT2D eigenvalue weighted by Crippen LogP contribution is -2.38. The van der Waals surface area contributed by atoms with Crippen molar-refractivity contribution >= 4 is 44.7 Å². The monoisotopic (exact) mass is 570 g/mol. The Labute approximate surface area is 238 Å². The van der Waals surface area contributed by atoms with Crippen LogP contribution < -0.4 is 19.8 Å². The summed E-state index contributed by atoms with van der Waals surface area (Å²) in [5.41, 5.74) is 3.06. The molecule has 1 heterocycles. The average Bonchev–Trinajstić information content (AvgIpc) is 2.98. The highest BCUT2D eigenvalue weighted by Gasteiger charge is 2.24. The van der Waals surface area contributed by atoms with Crippen molar-refractivity contribution in [1.29, 1.82) is 0 Å². The summed E-state index contributed by atoms with van der Waals surface area (Å²) in [5.74, 6) is 1.26. The predicted octanol–water partition coefficient (Wildman–Crippen LogP) is 5.36. The fourth-order valence-corrected chi connectivity index (χ4v) is 5.39. The number of carbonyl (C=O) groups excluding carboxylic acids is 1. The highest BCUT2D eigenvalue weighted by atomic mass is 32.2. The van der Waals surface area contributed by atoms with Crippen molar-refractivity contribution in [3.63, 3.8) is 0 Å². The van der Waals surface area contributed by atoms with Gasteiger partial charge in [-0.05, 0) is 84.0 Å². The molecule has 0 unspecified atom stereocenters. The van der Waals surface area contributed by atoms with Crippen molar-refractivity contribution in [3.05, 3.63) is 120 Å². The zero-order valence-corrected chi connectivity index (χ0v) is 23.0. The first kappa shape index (κ1) is 27.0. The molecule has 0 bridgehead atoms. The van der Waals surface area contributed by atoms with Gasteiger partial charge in [-0.2, -0.15) is 5.10 Å². The first-order valence-electron chi connectivity index (χ1n) is 12.6. The van der Waals surface area contributed by atoms with Crippen LogP contribution >= 0.6 is 12.2 Å². The van der Waals surface area contributed by atoms with Crippen molar-refractivity contribution in [3.8, 4) is 11.5 Å². The number of nitrogens with one attached hydrogen (secondary N) is 2. The molecule has 2 N–H and O–H groups in total. The molecule has 1 amide bonds. The first-order valence-corrected chi connectivity index (χ1v) is 14.4. The Morgan fingerprint density at radius 3 is 2.12 bits per heavy atom. The Hall–Kier alpha value is -4.54. The minimum atomic E-state index is -3.91. The molecule has 0 spiro atoms. The van der Waals surface area contributed by atoms with Crippen LogP contribution in [0.4, 0.5) is 5.69 Å². The summed E-state index contributed by atoms with van der Waals surface area (Å²) < 4.78 is 33.9. The molecule has 202 valence electrons. The van der Waals surface area contributed by atoms with E-state index >= 15 is 0 Å². The lowest BCUT2D eigenvalue weighted by molar-refractivity contribution is -0.118. The maximum atomic E-state index is 12.8. The summed E-state index contributed by atoms with van der Waals surface area (Å²) in [6.45, 7) is 0.390. The number of thiocarbonyl (C=S) groups is 1. The number of benzene rings is 4. The Morgan fingerprint density at radius 2 is 1.45 bits per heavy atom. The van der Waals surface area contributed by atoms with E-state index in [2.05, 4.69) is 15.1 Å². The highest BCUT2D eigenvalue weighted by Crippen LogP contribution is 2.26. The number of anilines is 1. The van der Waals surface area contributed by atoms with E-state index < -0.39 is 10.0 Å². The zero-order valence-electron chi connectivity index (χ0n) is 21.4. The molecule has 0 fully saturated rings. The van der Waals surface area contributed by atoms with E-state index in [1.54, 1.807) is 12.1 Å². The molecule has 8 nitrogen and oxygen atoms in total. The second-order valence-corrected chi connectivity index (χ2v) is 11.1. The van der Waals surface area contributed by atoms with E-state index in [0.29, 0.717) is 24.4 Å². The van der Waals surface area contributed by atoms with E-state index in [4.69, 9.17) is 17.0 Å². The molecule has 4 aromatic carbocycles. The molecule has 1 aliphatic heterocycles. The largest absolute Gasteiger partial charge is 0.457 e. The lowest BCUT2D eigenvalue weighted by Gasteiger charge is -2.24. The number of amides is 1. The van der Waals surface area contributed by atoms with Crippen LogP contribution in [-0.4, -0.2) is 25.1 Å². The Kier molecular flexibility index (Phi) is 8.18. The molecule has 0 radical (unpaired) electrons. The third kappa shape index (κ3) is 6.71. The van der Waals surface area contributed by atoms with Gasteiger partial charge in [0.25, 0.3) is 10.0 Å². The molecule has 0 atom stereocenters. The molecule has 10 heteroatoms. The minimum Gasteiger partial charge on any atom is -0.457 e. The van der Waals surface area contributed by atoms with Gasteiger partial charge in [0.2, 0.25) is 5.91 Å². The van der Waals surface area contributed by atoms with Gasteiger partial charge in [-0.1, -0.05) is 48.5 Å². The highest BCUT2D eigenvalue weighted by molar-refractivity contribution is 7.91. The van der Waals surface area contributed by atoms with E-state index in [1.807, 2.05) is 84.9 Å². The number of para-hydroxylation sites is 1. The van der Waals surface area contributed by atoms with Crippen LogP contribution in [0.25, 0.3) is 0 Å². The zero-order chi connectivity index (χ0) is 28.0. The molecule has 4 aromatic rings. The molecule has 40 heavy (non-hydrogen) atoms. The quantitative estimate of drug-likeness (QED) is 0.277. The maximum Gasteiger partial charge on any atom is 0.263 e. The fourth-order valence-electron chi connectivity index (χ4n) is 4.06. The second-order valence-electron chi connectivity index (χ2n) is 8.96. The van der Waals surface area contributed by atoms with E-state index in [-0.39, 0.29) is 22.3 Å². The molecule has 0 saturated carbocycles. The van der Waals surface area contributed by atoms with Crippen LogP contribution in [0, 0.1) is 0 Å². The van der Waals surface area contributed by atoms with Gasteiger partial charge >= 0.3 is 0 Å². The third-order valence-corrected chi connectivity index (χ3v) is 7.85. The van der Waals surface area contributed by atoms with Gasteiger partial charge in [0.1, 0.15) is 11.5 Å². The van der Waals surface area contributed by atoms with Crippen molar-refractivity contribution < 1.29 is 17.9 Å². The first-order chi connectivity index (χ1) is 19.4. The van der Waals surface area contributed by atoms with Crippen LogP contribution in [0.5, 0.6) is 11.5 Å². The molecule has 0 aromatic heterocycles. The smallest absolute Gasteiger partial charge is 0.263 e. The van der Waals surface area contributed by atoms with Crippen molar-refractivity contribution in [2.45, 2.75) is 24.3 Å². The Balaban J connectivity index is 1.25. The fraction of sp³-hybridized carbons (Fsp3) is 0.100. The van der Waals surface area contributed by atoms with Gasteiger partial charge < -0.3 is 10.1 Å². The van der Waals surface area contributed by atoms with Crippen LogP contribution in [0.3, 0.4) is 0 Å².